The van der Waals surface area contributed by atoms with Crippen molar-refractivity contribution >= 4 is 35.6 Å². The molecule has 0 saturated heterocycles. The van der Waals surface area contributed by atoms with Crippen LogP contribution in [0.4, 0.5) is 16.4 Å². The molecule has 3 heterocycles. The summed E-state index contributed by atoms with van der Waals surface area (Å²) in [5, 5.41) is 5.59. The number of fused-ring (bicyclic) bond motifs is 2. The lowest BCUT2D eigenvalue weighted by molar-refractivity contribution is 0.0224. The molecule has 1 aliphatic carbocycles. The van der Waals surface area contributed by atoms with E-state index in [2.05, 4.69) is 30.6 Å². The number of imidazole rings is 2. The number of ether oxygens (including phenoxy) is 1. The van der Waals surface area contributed by atoms with Gasteiger partial charge in [0.15, 0.2) is 5.69 Å². The number of aromatic nitrogens is 4. The SMILES string of the molecule is CC(C)(C)OC(=O)N1CCc2c(cccc2NC(=O)c2[nH]cnc2C(=O)Nc2nc3c([nH]2)C=CCC3)C1. The van der Waals surface area contributed by atoms with Gasteiger partial charge in [0.05, 0.1) is 17.7 Å². The van der Waals surface area contributed by atoms with Crippen molar-refractivity contribution in [2.75, 3.05) is 17.2 Å². The maximum absolute atomic E-state index is 13.1. The highest BCUT2D eigenvalue weighted by Crippen LogP contribution is 2.28. The summed E-state index contributed by atoms with van der Waals surface area (Å²) in [4.78, 5) is 54.5. The van der Waals surface area contributed by atoms with Crippen molar-refractivity contribution in [3.63, 3.8) is 0 Å². The van der Waals surface area contributed by atoms with Crippen LogP contribution < -0.4 is 10.6 Å². The van der Waals surface area contributed by atoms with E-state index in [-0.39, 0.29) is 17.5 Å². The van der Waals surface area contributed by atoms with Crippen LogP contribution in [0.2, 0.25) is 0 Å². The number of rotatable bonds is 4. The van der Waals surface area contributed by atoms with E-state index in [9.17, 15) is 14.4 Å². The zero-order chi connectivity index (χ0) is 26.2. The summed E-state index contributed by atoms with van der Waals surface area (Å²) in [6, 6.07) is 5.55. The number of carbonyl (C=O) groups excluding carboxylic acids is 3. The number of hydrogen-bond donors (Lipinski definition) is 4. The van der Waals surface area contributed by atoms with E-state index in [4.69, 9.17) is 4.74 Å². The van der Waals surface area contributed by atoms with E-state index in [1.54, 1.807) is 11.0 Å². The smallest absolute Gasteiger partial charge is 0.410 e. The standard InChI is InChI=1S/C26H29N7O4/c1-26(2,3)37-25(36)33-12-11-16-15(13-33)7-6-10-17(16)29-22(34)20-21(28-14-27-20)23(35)32-24-30-18-8-4-5-9-19(18)31-24/h4,6-8,10,14H,5,9,11-13H2,1-3H3,(H,27,28)(H,29,34)(H2,30,31,32,35). The molecule has 11 nitrogen and oxygen atoms in total. The molecule has 2 aromatic heterocycles. The predicted molar refractivity (Wildman–Crippen MR) is 137 cm³/mol. The maximum Gasteiger partial charge on any atom is 0.410 e. The van der Waals surface area contributed by atoms with Crippen molar-refractivity contribution in [3.05, 3.63) is 64.5 Å². The minimum atomic E-state index is -0.575. The zero-order valence-corrected chi connectivity index (χ0v) is 21.0. The second-order valence-electron chi connectivity index (χ2n) is 10.0. The molecular weight excluding hydrogens is 474 g/mol. The Labute approximate surface area is 213 Å². The van der Waals surface area contributed by atoms with Crippen molar-refractivity contribution in [3.8, 4) is 0 Å². The Morgan fingerprint density at radius 1 is 1.11 bits per heavy atom. The van der Waals surface area contributed by atoms with Gasteiger partial charge in [-0.15, -0.1) is 0 Å². The molecule has 0 atom stereocenters. The largest absolute Gasteiger partial charge is 0.444 e. The van der Waals surface area contributed by atoms with E-state index in [1.807, 2.05) is 45.1 Å². The van der Waals surface area contributed by atoms with Gasteiger partial charge in [-0.05, 0) is 63.3 Å². The van der Waals surface area contributed by atoms with Crippen molar-refractivity contribution in [2.45, 2.75) is 52.2 Å². The number of allylic oxidation sites excluding steroid dienone is 1. The van der Waals surface area contributed by atoms with Crippen LogP contribution >= 0.6 is 0 Å². The molecule has 37 heavy (non-hydrogen) atoms. The number of benzene rings is 1. The van der Waals surface area contributed by atoms with Crippen LogP contribution in [0.1, 0.15) is 70.7 Å². The molecule has 0 spiro atoms. The first-order chi connectivity index (χ1) is 17.7. The van der Waals surface area contributed by atoms with Gasteiger partial charge in [0.25, 0.3) is 11.8 Å². The molecule has 0 unspecified atom stereocenters. The summed E-state index contributed by atoms with van der Waals surface area (Å²) in [6.07, 6.45) is 7.16. The molecule has 1 aliphatic heterocycles. The molecule has 2 aliphatic rings. The highest BCUT2D eigenvalue weighted by Gasteiger charge is 2.28. The van der Waals surface area contributed by atoms with Gasteiger partial charge in [0.2, 0.25) is 5.95 Å². The average molecular weight is 504 g/mol. The van der Waals surface area contributed by atoms with E-state index in [0.717, 1.165) is 35.4 Å². The number of hydrogen-bond acceptors (Lipinski definition) is 6. The Kier molecular flexibility index (Phi) is 6.28. The third-order valence-corrected chi connectivity index (χ3v) is 6.12. The molecule has 0 saturated carbocycles. The Balaban J connectivity index is 1.28. The fourth-order valence-electron chi connectivity index (χ4n) is 4.43. The molecule has 5 rings (SSSR count). The van der Waals surface area contributed by atoms with E-state index < -0.39 is 17.4 Å². The van der Waals surface area contributed by atoms with Crippen LogP contribution in [0.15, 0.2) is 30.6 Å². The normalized spacial score (nSPS) is 14.5. The van der Waals surface area contributed by atoms with Gasteiger partial charge in [-0.2, -0.15) is 0 Å². The minimum absolute atomic E-state index is 0.0386. The molecule has 0 bridgehead atoms. The fourth-order valence-corrected chi connectivity index (χ4v) is 4.43. The van der Waals surface area contributed by atoms with Crippen LogP contribution in [0, 0.1) is 0 Å². The number of aromatic amines is 2. The lowest BCUT2D eigenvalue weighted by atomic mass is 9.98. The third-order valence-electron chi connectivity index (χ3n) is 6.12. The molecule has 11 heteroatoms. The number of H-pyrrole nitrogens is 2. The Hall–Kier alpha value is -4.41. The van der Waals surface area contributed by atoms with Crippen molar-refractivity contribution < 1.29 is 19.1 Å². The first-order valence-corrected chi connectivity index (χ1v) is 12.2. The number of carbonyl (C=O) groups is 3. The highest BCUT2D eigenvalue weighted by atomic mass is 16.6. The van der Waals surface area contributed by atoms with Gasteiger partial charge in [-0.3, -0.25) is 14.9 Å². The number of aryl methyl sites for hydroxylation is 1. The van der Waals surface area contributed by atoms with E-state index in [1.165, 1.54) is 6.33 Å². The topological polar surface area (TPSA) is 145 Å². The Bertz CT molecular complexity index is 1400. The molecule has 4 N–H and O–H groups in total. The Morgan fingerprint density at radius 3 is 2.73 bits per heavy atom. The van der Waals surface area contributed by atoms with E-state index >= 15 is 0 Å². The summed E-state index contributed by atoms with van der Waals surface area (Å²) in [5.41, 5.74) is 3.66. The maximum atomic E-state index is 13.1. The van der Waals surface area contributed by atoms with Crippen molar-refractivity contribution in [2.24, 2.45) is 0 Å². The molecule has 0 fully saturated rings. The number of anilines is 2. The van der Waals surface area contributed by atoms with Crippen molar-refractivity contribution in [1.29, 1.82) is 0 Å². The highest BCUT2D eigenvalue weighted by molar-refractivity contribution is 6.13. The third kappa shape index (κ3) is 5.25. The molecule has 3 amide bonds. The fraction of sp³-hybridized carbons (Fsp3) is 0.346. The summed E-state index contributed by atoms with van der Waals surface area (Å²) in [6.45, 7) is 6.35. The summed E-state index contributed by atoms with van der Waals surface area (Å²) >= 11 is 0. The first kappa shape index (κ1) is 24.3. The lowest BCUT2D eigenvalue weighted by Crippen LogP contribution is -2.40. The lowest BCUT2D eigenvalue weighted by Gasteiger charge is -2.32. The quantitative estimate of drug-likeness (QED) is 0.425. The van der Waals surface area contributed by atoms with Gasteiger partial charge >= 0.3 is 6.09 Å². The number of nitrogens with one attached hydrogen (secondary N) is 4. The van der Waals surface area contributed by atoms with Crippen LogP contribution in [0.25, 0.3) is 6.08 Å². The second kappa shape index (κ2) is 9.57. The van der Waals surface area contributed by atoms with Crippen LogP contribution in [0.3, 0.4) is 0 Å². The molecule has 0 radical (unpaired) electrons. The monoisotopic (exact) mass is 503 g/mol. The summed E-state index contributed by atoms with van der Waals surface area (Å²) in [7, 11) is 0. The van der Waals surface area contributed by atoms with Gasteiger partial charge in [0.1, 0.15) is 11.3 Å². The Morgan fingerprint density at radius 2 is 1.95 bits per heavy atom. The second-order valence-corrected chi connectivity index (χ2v) is 10.0. The van der Waals surface area contributed by atoms with Crippen LogP contribution in [-0.2, 0) is 24.1 Å². The molecule has 1 aromatic carbocycles. The van der Waals surface area contributed by atoms with Gasteiger partial charge in [-0.25, -0.2) is 14.8 Å². The number of nitrogens with zero attached hydrogens (tertiary/aromatic N) is 3. The predicted octanol–water partition coefficient (Wildman–Crippen LogP) is 3.89. The summed E-state index contributed by atoms with van der Waals surface area (Å²) in [5.74, 6) is -0.737. The van der Waals surface area contributed by atoms with Gasteiger partial charge < -0.3 is 24.9 Å². The zero-order valence-electron chi connectivity index (χ0n) is 21.0. The molecule has 192 valence electrons. The summed E-state index contributed by atoms with van der Waals surface area (Å²) < 4.78 is 5.50. The minimum Gasteiger partial charge on any atom is -0.444 e. The first-order valence-electron chi connectivity index (χ1n) is 12.2. The van der Waals surface area contributed by atoms with E-state index in [0.29, 0.717) is 31.1 Å². The molecular formula is C26H29N7O4. The van der Waals surface area contributed by atoms with Gasteiger partial charge in [0, 0.05) is 18.8 Å². The molecule has 3 aromatic rings. The number of amides is 3. The average Bonchev–Trinajstić information content (AvgIpc) is 3.50. The van der Waals surface area contributed by atoms with Gasteiger partial charge in [-0.1, -0.05) is 18.2 Å². The van der Waals surface area contributed by atoms with Crippen LogP contribution in [0.5, 0.6) is 0 Å². The van der Waals surface area contributed by atoms with Crippen LogP contribution in [-0.4, -0.2) is 54.9 Å². The van der Waals surface area contributed by atoms with Crippen molar-refractivity contribution in [1.82, 2.24) is 24.8 Å².